The van der Waals surface area contributed by atoms with Crippen molar-refractivity contribution in [1.82, 2.24) is 15.0 Å². The molecule has 4 N–H and O–H groups in total. The highest BCUT2D eigenvalue weighted by Gasteiger charge is 2.38. The van der Waals surface area contributed by atoms with E-state index in [1.807, 2.05) is 6.92 Å². The number of hydrogen-bond donors (Lipinski definition) is 4. The lowest BCUT2D eigenvalue weighted by atomic mass is 9.83. The van der Waals surface area contributed by atoms with E-state index in [4.69, 9.17) is 9.73 Å². The second-order valence-electron chi connectivity index (χ2n) is 13.8. The van der Waals surface area contributed by atoms with Gasteiger partial charge >= 0.3 is 5.97 Å². The molecule has 8 nitrogen and oxygen atoms in total. The molecule has 3 aliphatic rings. The number of ketones is 1. The standard InChI is InChI=1S/C39H50N4O4/c1-8-10-11-12-15-47-24(7)36-22(5)30-17-29-21(4)26(13-14-35(45)46)38(42-29)27-16-34(44)37-23(6)31(43-39(27)37)18-32-25(9-2)20(3)28(40-32)19-33(36)41-30/h17-18,21,24,26,40-41,43H,8-16,19H2,1-7H3,(H,45,46)/t21-,24?,26-/m0/s1. The molecule has 1 aliphatic carbocycles. The number of aromatic nitrogens is 3. The Balaban J connectivity index is 1.56. The molecule has 8 heteroatoms. The Kier molecular flexibility index (Phi) is 9.34. The van der Waals surface area contributed by atoms with Gasteiger partial charge in [0.05, 0.1) is 17.2 Å². The molecule has 0 fully saturated rings. The Morgan fingerprint density at radius 1 is 1.00 bits per heavy atom. The first-order valence-electron chi connectivity index (χ1n) is 17.6. The number of unbranched alkanes of at least 4 members (excludes halogenated alkanes) is 3. The maximum Gasteiger partial charge on any atom is 0.303 e. The van der Waals surface area contributed by atoms with Crippen LogP contribution in [0.5, 0.6) is 0 Å². The molecule has 3 atom stereocenters. The van der Waals surface area contributed by atoms with Gasteiger partial charge in [-0.25, -0.2) is 0 Å². The molecule has 0 radical (unpaired) electrons. The quantitative estimate of drug-likeness (QED) is 0.171. The number of carbonyl (C=O) groups excluding carboxylic acids is 1. The van der Waals surface area contributed by atoms with Crippen LogP contribution in [0.2, 0.25) is 0 Å². The molecule has 0 saturated heterocycles. The number of Topliss-reactive ketones (excluding diaryl/α,β-unsaturated/α-hetero) is 1. The minimum atomic E-state index is -0.821. The van der Waals surface area contributed by atoms with Gasteiger partial charge in [-0.1, -0.05) is 40.0 Å². The van der Waals surface area contributed by atoms with Gasteiger partial charge < -0.3 is 24.8 Å². The van der Waals surface area contributed by atoms with E-state index in [1.165, 1.54) is 41.6 Å². The lowest BCUT2D eigenvalue weighted by molar-refractivity contribution is -0.137. The van der Waals surface area contributed by atoms with Gasteiger partial charge in [0.1, 0.15) is 0 Å². The molecule has 0 aromatic carbocycles. The van der Waals surface area contributed by atoms with Crippen molar-refractivity contribution < 1.29 is 19.4 Å². The Labute approximate surface area is 277 Å². The van der Waals surface area contributed by atoms with Gasteiger partial charge in [0.2, 0.25) is 0 Å². The molecule has 3 aromatic rings. The maximum absolute atomic E-state index is 13.5. The Morgan fingerprint density at radius 2 is 1.77 bits per heavy atom. The van der Waals surface area contributed by atoms with Crippen LogP contribution < -0.4 is 10.7 Å². The number of nitrogens with zero attached hydrogens (tertiary/aromatic N) is 1. The van der Waals surface area contributed by atoms with Gasteiger partial charge in [0.25, 0.3) is 0 Å². The van der Waals surface area contributed by atoms with Gasteiger partial charge in [-0.2, -0.15) is 0 Å². The van der Waals surface area contributed by atoms with Crippen molar-refractivity contribution in [2.75, 3.05) is 6.61 Å². The van der Waals surface area contributed by atoms with Crippen molar-refractivity contribution in [3.8, 4) is 0 Å². The Hall–Kier alpha value is -3.91. The number of carbonyl (C=O) groups is 2. The molecular weight excluding hydrogens is 588 g/mol. The third-order valence-electron chi connectivity index (χ3n) is 10.9. The molecule has 0 saturated carbocycles. The van der Waals surface area contributed by atoms with E-state index in [9.17, 15) is 14.7 Å². The highest BCUT2D eigenvalue weighted by molar-refractivity contribution is 6.28. The average molecular weight is 639 g/mol. The van der Waals surface area contributed by atoms with E-state index >= 15 is 0 Å². The molecule has 8 bridgehead atoms. The highest BCUT2D eigenvalue weighted by Crippen LogP contribution is 2.40. The number of hydrogen-bond acceptors (Lipinski definition) is 4. The maximum atomic E-state index is 13.5. The number of allylic oxidation sites excluding steroid dienone is 1. The molecule has 0 amide bonds. The summed E-state index contributed by atoms with van der Waals surface area (Å²) >= 11 is 0. The van der Waals surface area contributed by atoms with Crippen LogP contribution in [0.4, 0.5) is 0 Å². The van der Waals surface area contributed by atoms with Crippen molar-refractivity contribution in [2.45, 2.75) is 112 Å². The summed E-state index contributed by atoms with van der Waals surface area (Å²) in [4.78, 5) is 41.7. The van der Waals surface area contributed by atoms with E-state index in [0.29, 0.717) is 12.8 Å². The van der Waals surface area contributed by atoms with Crippen molar-refractivity contribution in [3.05, 3.63) is 72.6 Å². The molecular formula is C39H50N4O4. The lowest BCUT2D eigenvalue weighted by Crippen LogP contribution is -2.23. The minimum Gasteiger partial charge on any atom is -0.481 e. The van der Waals surface area contributed by atoms with E-state index in [2.05, 4.69) is 68.6 Å². The number of fused-ring (bicyclic) bond motifs is 7. The topological polar surface area (TPSA) is 123 Å². The fourth-order valence-electron chi connectivity index (χ4n) is 8.12. The van der Waals surface area contributed by atoms with Gasteiger partial charge in [0, 0.05) is 88.2 Å². The number of ether oxygens (including phenoxy) is 1. The number of carboxylic acids is 1. The van der Waals surface area contributed by atoms with Crippen molar-refractivity contribution in [2.24, 2.45) is 16.8 Å². The molecule has 1 unspecified atom stereocenters. The zero-order chi connectivity index (χ0) is 33.6. The van der Waals surface area contributed by atoms with Crippen molar-refractivity contribution >= 4 is 35.2 Å². The third kappa shape index (κ3) is 6.01. The number of carboxylic acid groups (broad SMARTS) is 1. The van der Waals surface area contributed by atoms with Crippen LogP contribution >= 0.6 is 0 Å². The van der Waals surface area contributed by atoms with Crippen LogP contribution in [0.15, 0.2) is 10.7 Å². The van der Waals surface area contributed by atoms with Crippen LogP contribution in [0, 0.1) is 32.6 Å². The van der Waals surface area contributed by atoms with Gasteiger partial charge in [0.15, 0.2) is 5.78 Å². The second-order valence-corrected chi connectivity index (χ2v) is 13.8. The normalized spacial score (nSPS) is 19.2. The van der Waals surface area contributed by atoms with Crippen molar-refractivity contribution in [3.63, 3.8) is 0 Å². The second kappa shape index (κ2) is 13.3. The summed E-state index contributed by atoms with van der Waals surface area (Å²) in [6.45, 7) is 15.8. The van der Waals surface area contributed by atoms with Crippen LogP contribution in [0.3, 0.4) is 0 Å². The zero-order valence-electron chi connectivity index (χ0n) is 29.1. The summed E-state index contributed by atoms with van der Waals surface area (Å²) in [6.07, 6.45) is 11.3. The smallest absolute Gasteiger partial charge is 0.303 e. The first-order valence-corrected chi connectivity index (χ1v) is 17.6. The largest absolute Gasteiger partial charge is 0.481 e. The Bertz CT molecular complexity index is 1910. The monoisotopic (exact) mass is 638 g/mol. The lowest BCUT2D eigenvalue weighted by Gasteiger charge is -2.18. The molecule has 47 heavy (non-hydrogen) atoms. The third-order valence-corrected chi connectivity index (χ3v) is 10.9. The molecule has 2 aliphatic heterocycles. The summed E-state index contributed by atoms with van der Waals surface area (Å²) in [6, 6.07) is 0. The summed E-state index contributed by atoms with van der Waals surface area (Å²) in [5.41, 5.74) is 13.6. The highest BCUT2D eigenvalue weighted by atomic mass is 16.5. The Morgan fingerprint density at radius 3 is 2.49 bits per heavy atom. The predicted octanol–water partition coefficient (Wildman–Crippen LogP) is 6.90. The van der Waals surface area contributed by atoms with Gasteiger partial charge in [-0.05, 0) is 81.4 Å². The number of aliphatic imine (C=N–C) groups is 1. The number of nitrogens with one attached hydrogen (secondary N) is 3. The summed E-state index contributed by atoms with van der Waals surface area (Å²) in [5, 5.41) is 11.4. The summed E-state index contributed by atoms with van der Waals surface area (Å²) < 4.78 is 6.46. The minimum absolute atomic E-state index is 0.00415. The summed E-state index contributed by atoms with van der Waals surface area (Å²) in [5.74, 6) is -0.835. The van der Waals surface area contributed by atoms with Crippen LogP contribution in [0.25, 0.3) is 17.7 Å². The fourth-order valence-corrected chi connectivity index (χ4v) is 8.12. The number of aromatic amines is 3. The number of H-pyrrole nitrogens is 3. The predicted molar refractivity (Wildman–Crippen MR) is 187 cm³/mol. The summed E-state index contributed by atoms with van der Waals surface area (Å²) in [7, 11) is 0. The van der Waals surface area contributed by atoms with E-state index in [1.54, 1.807) is 0 Å². The van der Waals surface area contributed by atoms with Crippen LogP contribution in [-0.4, -0.2) is 44.1 Å². The average Bonchev–Trinajstić information content (AvgIpc) is 3.78. The SMILES string of the molecule is CCCCCCOC(C)c1c2[nH]c(c1C)C=C1N=C(C3=c4[nH]c(c(C)c4C(=O)C3)=Cc3[nH]c(c(C)c3CC)C2)[C@@H](CCC(=O)O)[C@@H]1C. The zero-order valence-corrected chi connectivity index (χ0v) is 29.1. The van der Waals surface area contributed by atoms with Gasteiger partial charge in [-0.15, -0.1) is 0 Å². The van der Waals surface area contributed by atoms with Crippen molar-refractivity contribution in [1.29, 1.82) is 0 Å². The molecule has 5 heterocycles. The van der Waals surface area contributed by atoms with E-state index < -0.39 is 5.97 Å². The number of rotatable bonds is 11. The molecule has 3 aromatic heterocycles. The number of aliphatic carboxylic acids is 1. The van der Waals surface area contributed by atoms with E-state index in [-0.39, 0.29) is 36.6 Å². The fraction of sp³-hybridized carbons (Fsp3) is 0.513. The first kappa shape index (κ1) is 33.0. The van der Waals surface area contributed by atoms with Crippen LogP contribution in [0.1, 0.15) is 140 Å². The molecule has 0 spiro atoms. The first-order chi connectivity index (χ1) is 22.5. The van der Waals surface area contributed by atoms with E-state index in [0.717, 1.165) is 80.9 Å². The van der Waals surface area contributed by atoms with Crippen LogP contribution in [-0.2, 0) is 22.4 Å². The molecule has 6 rings (SSSR count). The molecule has 250 valence electrons. The van der Waals surface area contributed by atoms with Gasteiger partial charge in [-0.3, -0.25) is 14.6 Å².